The molecule has 0 spiro atoms. The minimum Gasteiger partial charge on any atom is -0.385 e. The van der Waals surface area contributed by atoms with Crippen molar-refractivity contribution in [2.45, 2.75) is 39.5 Å². The van der Waals surface area contributed by atoms with Gasteiger partial charge in [-0.3, -0.25) is 0 Å². The van der Waals surface area contributed by atoms with Crippen LogP contribution in [0, 0.1) is 5.41 Å². The highest BCUT2D eigenvalue weighted by Crippen LogP contribution is 2.19. The van der Waals surface area contributed by atoms with Crippen molar-refractivity contribution in [1.29, 1.82) is 0 Å². The first-order chi connectivity index (χ1) is 7.46. The van der Waals surface area contributed by atoms with Gasteiger partial charge in [0.1, 0.15) is 0 Å². The highest BCUT2D eigenvalue weighted by Gasteiger charge is 2.21. The Bertz CT molecular complexity index is 170. The van der Waals surface area contributed by atoms with Crippen molar-refractivity contribution < 1.29 is 14.2 Å². The molecule has 0 saturated heterocycles. The van der Waals surface area contributed by atoms with Crippen molar-refractivity contribution in [3.05, 3.63) is 0 Å². The van der Waals surface area contributed by atoms with E-state index in [0.29, 0.717) is 0 Å². The van der Waals surface area contributed by atoms with Crippen molar-refractivity contribution in [3.63, 3.8) is 0 Å². The van der Waals surface area contributed by atoms with E-state index in [-0.39, 0.29) is 17.7 Å². The van der Waals surface area contributed by atoms with Crippen LogP contribution in [0.2, 0.25) is 0 Å². The van der Waals surface area contributed by atoms with E-state index in [2.05, 4.69) is 26.1 Å². The van der Waals surface area contributed by atoms with Crippen LogP contribution in [0.5, 0.6) is 0 Å². The molecule has 0 aliphatic rings. The first kappa shape index (κ1) is 15.8. The van der Waals surface area contributed by atoms with E-state index in [1.807, 2.05) is 0 Å². The number of hydrogen-bond acceptors (Lipinski definition) is 4. The van der Waals surface area contributed by atoms with Crippen LogP contribution in [-0.2, 0) is 14.2 Å². The summed E-state index contributed by atoms with van der Waals surface area (Å²) in [5.41, 5.74) is 0.219. The fraction of sp³-hybridized carbons (Fsp3) is 1.00. The van der Waals surface area contributed by atoms with Crippen LogP contribution in [0.25, 0.3) is 0 Å². The second-order valence-corrected chi connectivity index (χ2v) is 4.92. The Morgan fingerprint density at radius 2 is 1.69 bits per heavy atom. The first-order valence-corrected chi connectivity index (χ1v) is 5.74. The molecule has 0 amide bonds. The largest absolute Gasteiger partial charge is 0.385 e. The number of nitrogens with one attached hydrogen (secondary N) is 1. The molecule has 0 aromatic carbocycles. The van der Waals surface area contributed by atoms with E-state index < -0.39 is 0 Å². The zero-order valence-corrected chi connectivity index (χ0v) is 11.5. The molecule has 0 aromatic rings. The molecular formula is C12H27NO3. The second kappa shape index (κ2) is 8.01. The van der Waals surface area contributed by atoms with E-state index in [0.717, 1.165) is 19.6 Å². The number of hydrogen-bond donors (Lipinski definition) is 1. The molecule has 4 nitrogen and oxygen atoms in total. The minimum atomic E-state index is -0.196. The maximum absolute atomic E-state index is 5.20. The fourth-order valence-corrected chi connectivity index (χ4v) is 1.50. The monoisotopic (exact) mass is 233 g/mol. The summed E-state index contributed by atoms with van der Waals surface area (Å²) in [6.45, 7) is 8.21. The summed E-state index contributed by atoms with van der Waals surface area (Å²) in [4.78, 5) is 0. The van der Waals surface area contributed by atoms with Crippen molar-refractivity contribution in [3.8, 4) is 0 Å². The van der Waals surface area contributed by atoms with Gasteiger partial charge in [-0.15, -0.1) is 0 Å². The molecule has 0 aliphatic carbocycles. The van der Waals surface area contributed by atoms with E-state index in [4.69, 9.17) is 14.2 Å². The summed E-state index contributed by atoms with van der Waals surface area (Å²) in [6.07, 6.45) is 0.839. The topological polar surface area (TPSA) is 39.7 Å². The van der Waals surface area contributed by atoms with E-state index in [1.165, 1.54) is 0 Å². The van der Waals surface area contributed by atoms with Crippen LogP contribution in [0.15, 0.2) is 0 Å². The Kier molecular flexibility index (Phi) is 7.93. The predicted octanol–water partition coefficient (Wildman–Crippen LogP) is 1.65. The Morgan fingerprint density at radius 1 is 1.12 bits per heavy atom. The second-order valence-electron chi connectivity index (χ2n) is 4.92. The smallest absolute Gasteiger partial charge is 0.171 e. The van der Waals surface area contributed by atoms with Gasteiger partial charge in [-0.25, -0.2) is 0 Å². The van der Waals surface area contributed by atoms with Crippen LogP contribution in [0.4, 0.5) is 0 Å². The van der Waals surface area contributed by atoms with Gasteiger partial charge in [-0.1, -0.05) is 13.8 Å². The molecule has 4 heteroatoms. The maximum atomic E-state index is 5.20. The predicted molar refractivity (Wildman–Crippen MR) is 65.5 cm³/mol. The summed E-state index contributed by atoms with van der Waals surface area (Å²) in [5.74, 6) is 0. The van der Waals surface area contributed by atoms with Gasteiger partial charge in [0, 0.05) is 34.5 Å². The molecule has 98 valence electrons. The molecule has 0 aromatic heterocycles. The third-order valence-corrected chi connectivity index (χ3v) is 2.76. The number of methoxy groups -OCH3 is 3. The molecular weight excluding hydrogens is 206 g/mol. The maximum Gasteiger partial charge on any atom is 0.171 e. The first-order valence-electron chi connectivity index (χ1n) is 5.74. The highest BCUT2D eigenvalue weighted by molar-refractivity contribution is 4.75. The SMILES string of the molecule is COCCC(C)(C)CNC(C)C(OC)OC. The lowest BCUT2D eigenvalue weighted by Crippen LogP contribution is -2.44. The van der Waals surface area contributed by atoms with Gasteiger partial charge in [0.25, 0.3) is 0 Å². The minimum absolute atomic E-state index is 0.178. The summed E-state index contributed by atoms with van der Waals surface area (Å²) in [6, 6.07) is 0.178. The summed E-state index contributed by atoms with van der Waals surface area (Å²) < 4.78 is 15.5. The Balaban J connectivity index is 3.92. The van der Waals surface area contributed by atoms with Gasteiger partial charge < -0.3 is 19.5 Å². The molecule has 16 heavy (non-hydrogen) atoms. The van der Waals surface area contributed by atoms with Crippen LogP contribution in [0.1, 0.15) is 27.2 Å². The molecule has 0 aliphatic heterocycles. The standard InChI is InChI=1S/C12H27NO3/c1-10(11(15-5)16-6)13-9-12(2,3)7-8-14-4/h10-11,13H,7-9H2,1-6H3. The van der Waals surface area contributed by atoms with Gasteiger partial charge in [0.05, 0.1) is 6.04 Å². The van der Waals surface area contributed by atoms with Crippen molar-refractivity contribution >= 4 is 0 Å². The van der Waals surface area contributed by atoms with Gasteiger partial charge in [0.15, 0.2) is 6.29 Å². The van der Waals surface area contributed by atoms with Crippen molar-refractivity contribution in [2.75, 3.05) is 34.5 Å². The molecule has 0 heterocycles. The lowest BCUT2D eigenvalue weighted by atomic mass is 9.89. The van der Waals surface area contributed by atoms with Crippen molar-refractivity contribution in [2.24, 2.45) is 5.41 Å². The van der Waals surface area contributed by atoms with Crippen LogP contribution >= 0.6 is 0 Å². The van der Waals surface area contributed by atoms with Gasteiger partial charge in [0.2, 0.25) is 0 Å². The Hall–Kier alpha value is -0.160. The van der Waals surface area contributed by atoms with Gasteiger partial charge in [-0.2, -0.15) is 0 Å². The Labute approximate surface area is 99.6 Å². The fourth-order valence-electron chi connectivity index (χ4n) is 1.50. The molecule has 0 radical (unpaired) electrons. The summed E-state index contributed by atoms with van der Waals surface area (Å²) >= 11 is 0. The zero-order valence-electron chi connectivity index (χ0n) is 11.5. The molecule has 1 unspecified atom stereocenters. The lowest BCUT2D eigenvalue weighted by Gasteiger charge is -2.29. The average molecular weight is 233 g/mol. The third kappa shape index (κ3) is 6.43. The molecule has 0 bridgehead atoms. The van der Waals surface area contributed by atoms with Gasteiger partial charge in [-0.05, 0) is 18.8 Å². The third-order valence-electron chi connectivity index (χ3n) is 2.76. The van der Waals surface area contributed by atoms with E-state index in [1.54, 1.807) is 21.3 Å². The summed E-state index contributed by atoms with van der Waals surface area (Å²) in [7, 11) is 5.04. The average Bonchev–Trinajstić information content (AvgIpc) is 2.25. The van der Waals surface area contributed by atoms with Crippen LogP contribution in [0.3, 0.4) is 0 Å². The zero-order chi connectivity index (χ0) is 12.6. The van der Waals surface area contributed by atoms with Crippen LogP contribution in [-0.4, -0.2) is 46.8 Å². The molecule has 1 atom stereocenters. The normalized spacial score (nSPS) is 14.4. The lowest BCUT2D eigenvalue weighted by molar-refractivity contribution is -0.120. The number of ether oxygens (including phenoxy) is 3. The molecule has 0 rings (SSSR count). The number of rotatable bonds is 9. The van der Waals surface area contributed by atoms with E-state index in [9.17, 15) is 0 Å². The van der Waals surface area contributed by atoms with E-state index >= 15 is 0 Å². The molecule has 1 N–H and O–H groups in total. The van der Waals surface area contributed by atoms with Crippen LogP contribution < -0.4 is 5.32 Å². The Morgan fingerprint density at radius 3 is 2.12 bits per heavy atom. The van der Waals surface area contributed by atoms with Gasteiger partial charge >= 0.3 is 0 Å². The molecule has 0 saturated carbocycles. The molecule has 0 fully saturated rings. The van der Waals surface area contributed by atoms with Crippen molar-refractivity contribution in [1.82, 2.24) is 5.32 Å². The quantitative estimate of drug-likeness (QED) is 0.615. The summed E-state index contributed by atoms with van der Waals surface area (Å²) in [5, 5.41) is 3.43. The highest BCUT2D eigenvalue weighted by atomic mass is 16.7.